The van der Waals surface area contributed by atoms with Crippen LogP contribution in [0.5, 0.6) is 0 Å². The molecule has 2 unspecified atom stereocenters. The average Bonchev–Trinajstić information content (AvgIpc) is 3.37. The Hall–Kier alpha value is -2.67. The summed E-state index contributed by atoms with van der Waals surface area (Å²) in [6, 6.07) is 7.97. The molecule has 2 atom stereocenters. The highest BCUT2D eigenvalue weighted by Gasteiger charge is 2.34. The van der Waals surface area contributed by atoms with Crippen LogP contribution in [0.3, 0.4) is 0 Å². The number of anilines is 2. The molecule has 3 N–H and O–H groups in total. The number of aromatic nitrogens is 2. The van der Waals surface area contributed by atoms with Gasteiger partial charge in [0, 0.05) is 12.2 Å². The van der Waals surface area contributed by atoms with Crippen LogP contribution in [0.25, 0.3) is 10.2 Å². The van der Waals surface area contributed by atoms with Crippen molar-refractivity contribution < 1.29 is 4.79 Å². The molecular formula is C21H23N5OS. The van der Waals surface area contributed by atoms with E-state index in [9.17, 15) is 4.79 Å². The van der Waals surface area contributed by atoms with Crippen molar-refractivity contribution in [3.05, 3.63) is 47.1 Å². The first-order chi connectivity index (χ1) is 13.7. The molecule has 1 amide bonds. The van der Waals surface area contributed by atoms with Gasteiger partial charge in [-0.1, -0.05) is 6.07 Å². The normalized spacial score (nSPS) is 21.6. The van der Waals surface area contributed by atoms with Crippen LogP contribution in [0.1, 0.15) is 42.9 Å². The van der Waals surface area contributed by atoms with Gasteiger partial charge < -0.3 is 16.0 Å². The first kappa shape index (κ1) is 17.4. The van der Waals surface area contributed by atoms with Crippen molar-refractivity contribution in [2.24, 2.45) is 0 Å². The summed E-state index contributed by atoms with van der Waals surface area (Å²) in [5.41, 5.74) is 9.20. The number of nitrogens with two attached hydrogens (primary N) is 1. The molecule has 1 saturated heterocycles. The van der Waals surface area contributed by atoms with E-state index in [4.69, 9.17) is 5.73 Å². The van der Waals surface area contributed by atoms with Gasteiger partial charge >= 0.3 is 0 Å². The SMILES string of the molecule is Nc1ccc2c(c1)CCCC2NC(=O)C1CCCN1c1ncnc2sccc12. The predicted molar refractivity (Wildman–Crippen MR) is 112 cm³/mol. The van der Waals surface area contributed by atoms with E-state index in [1.54, 1.807) is 17.7 Å². The van der Waals surface area contributed by atoms with Crippen LogP contribution in [-0.4, -0.2) is 28.5 Å². The first-order valence-electron chi connectivity index (χ1n) is 9.84. The molecule has 2 aromatic heterocycles. The maximum Gasteiger partial charge on any atom is 0.243 e. The number of rotatable bonds is 3. The third-order valence-electron chi connectivity index (χ3n) is 5.87. The van der Waals surface area contributed by atoms with E-state index >= 15 is 0 Å². The molecule has 1 fully saturated rings. The Bertz CT molecular complexity index is 1030. The standard InChI is InChI=1S/C21H23N5OS/c22-14-6-7-15-13(11-14)3-1-4-17(15)25-20(27)18-5-2-9-26(18)19-16-8-10-28-21(16)24-12-23-19/h6-8,10-12,17-18H,1-5,9,22H2,(H,25,27). The maximum atomic E-state index is 13.2. The second-order valence-corrected chi connectivity index (χ2v) is 8.49. The highest BCUT2D eigenvalue weighted by atomic mass is 32.1. The van der Waals surface area contributed by atoms with Gasteiger partial charge in [-0.25, -0.2) is 9.97 Å². The van der Waals surface area contributed by atoms with Crippen LogP contribution in [0.2, 0.25) is 0 Å². The summed E-state index contributed by atoms with van der Waals surface area (Å²) in [5, 5.41) is 6.38. The molecule has 0 saturated carbocycles. The quantitative estimate of drug-likeness (QED) is 0.666. The summed E-state index contributed by atoms with van der Waals surface area (Å²) in [6.07, 6.45) is 6.51. The molecule has 28 heavy (non-hydrogen) atoms. The molecular weight excluding hydrogens is 370 g/mol. The minimum Gasteiger partial charge on any atom is -0.399 e. The number of nitrogens with one attached hydrogen (secondary N) is 1. The van der Waals surface area contributed by atoms with E-state index in [1.807, 2.05) is 23.6 Å². The van der Waals surface area contributed by atoms with Gasteiger partial charge in [0.2, 0.25) is 5.91 Å². The number of thiophene rings is 1. The number of carbonyl (C=O) groups excluding carboxylic acids is 1. The molecule has 3 heterocycles. The summed E-state index contributed by atoms with van der Waals surface area (Å²) in [6.45, 7) is 0.845. The molecule has 1 aliphatic heterocycles. The summed E-state index contributed by atoms with van der Waals surface area (Å²) in [4.78, 5) is 25.2. The largest absolute Gasteiger partial charge is 0.399 e. The molecule has 7 heteroatoms. The molecule has 1 aliphatic carbocycles. The van der Waals surface area contributed by atoms with Crippen LogP contribution in [0, 0.1) is 0 Å². The summed E-state index contributed by atoms with van der Waals surface area (Å²) < 4.78 is 0. The minimum absolute atomic E-state index is 0.0610. The maximum absolute atomic E-state index is 13.2. The molecule has 144 valence electrons. The molecule has 6 nitrogen and oxygen atoms in total. The molecule has 0 bridgehead atoms. The summed E-state index contributed by atoms with van der Waals surface area (Å²) in [7, 11) is 0. The Labute approximate surface area is 167 Å². The number of amides is 1. The number of nitrogens with zero attached hydrogens (tertiary/aromatic N) is 3. The number of carbonyl (C=O) groups is 1. The van der Waals surface area contributed by atoms with Crippen LogP contribution >= 0.6 is 11.3 Å². The Balaban J connectivity index is 1.39. The third kappa shape index (κ3) is 2.99. The Morgan fingerprint density at radius 1 is 1.21 bits per heavy atom. The zero-order valence-electron chi connectivity index (χ0n) is 15.6. The predicted octanol–water partition coefficient (Wildman–Crippen LogP) is 3.44. The van der Waals surface area contributed by atoms with Gasteiger partial charge in [-0.15, -0.1) is 11.3 Å². The van der Waals surface area contributed by atoms with Gasteiger partial charge in [0.05, 0.1) is 11.4 Å². The van der Waals surface area contributed by atoms with E-state index in [0.717, 1.165) is 60.4 Å². The van der Waals surface area contributed by atoms with Crippen molar-refractivity contribution in [3.8, 4) is 0 Å². The smallest absolute Gasteiger partial charge is 0.243 e. The number of benzene rings is 1. The zero-order valence-corrected chi connectivity index (χ0v) is 16.4. The van der Waals surface area contributed by atoms with Gasteiger partial charge in [-0.05, 0) is 66.8 Å². The van der Waals surface area contributed by atoms with Crippen LogP contribution in [0.15, 0.2) is 36.0 Å². The molecule has 1 aromatic carbocycles. The number of fused-ring (bicyclic) bond motifs is 2. The second kappa shape index (κ2) is 7.05. The minimum atomic E-state index is -0.183. The van der Waals surface area contributed by atoms with Crippen molar-refractivity contribution in [2.75, 3.05) is 17.2 Å². The lowest BCUT2D eigenvalue weighted by atomic mass is 9.87. The van der Waals surface area contributed by atoms with Gasteiger partial charge in [0.25, 0.3) is 0 Å². The average molecular weight is 394 g/mol. The van der Waals surface area contributed by atoms with Gasteiger partial charge in [0.15, 0.2) is 0 Å². The van der Waals surface area contributed by atoms with Gasteiger partial charge in [-0.3, -0.25) is 4.79 Å². The molecule has 3 aromatic rings. The van der Waals surface area contributed by atoms with E-state index < -0.39 is 0 Å². The summed E-state index contributed by atoms with van der Waals surface area (Å²) >= 11 is 1.60. The second-order valence-electron chi connectivity index (χ2n) is 7.60. The van der Waals surface area contributed by atoms with Crippen molar-refractivity contribution in [1.29, 1.82) is 0 Å². The van der Waals surface area contributed by atoms with E-state index in [0.29, 0.717) is 0 Å². The summed E-state index contributed by atoms with van der Waals surface area (Å²) in [5.74, 6) is 0.967. The number of hydrogen-bond donors (Lipinski definition) is 2. The van der Waals surface area contributed by atoms with Crippen LogP contribution < -0.4 is 16.0 Å². The van der Waals surface area contributed by atoms with Gasteiger partial charge in [0.1, 0.15) is 23.0 Å². The fourth-order valence-corrected chi connectivity index (χ4v) is 5.28. The number of nitrogen functional groups attached to an aromatic ring is 1. The Kier molecular flexibility index (Phi) is 4.39. The fraction of sp³-hybridized carbons (Fsp3) is 0.381. The van der Waals surface area contributed by atoms with Crippen molar-refractivity contribution >= 4 is 39.0 Å². The number of hydrogen-bond acceptors (Lipinski definition) is 6. The van der Waals surface area contributed by atoms with E-state index in [2.05, 4.69) is 26.3 Å². The fourth-order valence-electron chi connectivity index (χ4n) is 4.55. The van der Waals surface area contributed by atoms with Crippen molar-refractivity contribution in [3.63, 3.8) is 0 Å². The van der Waals surface area contributed by atoms with E-state index in [-0.39, 0.29) is 18.0 Å². The molecule has 0 spiro atoms. The van der Waals surface area contributed by atoms with Crippen molar-refractivity contribution in [2.45, 2.75) is 44.2 Å². The Morgan fingerprint density at radius 3 is 3.07 bits per heavy atom. The van der Waals surface area contributed by atoms with E-state index in [1.165, 1.54) is 11.1 Å². The highest BCUT2D eigenvalue weighted by molar-refractivity contribution is 7.16. The zero-order chi connectivity index (χ0) is 19.1. The van der Waals surface area contributed by atoms with Gasteiger partial charge in [-0.2, -0.15) is 0 Å². The van der Waals surface area contributed by atoms with Crippen molar-refractivity contribution in [1.82, 2.24) is 15.3 Å². The molecule has 2 aliphatic rings. The molecule has 5 rings (SSSR count). The third-order valence-corrected chi connectivity index (χ3v) is 6.69. The number of aryl methyl sites for hydroxylation is 1. The van der Waals surface area contributed by atoms with Crippen LogP contribution in [-0.2, 0) is 11.2 Å². The first-order valence-corrected chi connectivity index (χ1v) is 10.7. The lowest BCUT2D eigenvalue weighted by molar-refractivity contribution is -0.123. The lowest BCUT2D eigenvalue weighted by Crippen LogP contribution is -2.45. The monoisotopic (exact) mass is 393 g/mol. The van der Waals surface area contributed by atoms with Crippen LogP contribution in [0.4, 0.5) is 11.5 Å². The lowest BCUT2D eigenvalue weighted by Gasteiger charge is -2.30. The topological polar surface area (TPSA) is 84.1 Å². The molecule has 0 radical (unpaired) electrons. The highest BCUT2D eigenvalue weighted by Crippen LogP contribution is 2.34. The Morgan fingerprint density at radius 2 is 2.14 bits per heavy atom.